The highest BCUT2D eigenvalue weighted by atomic mass is 16.5. The molecule has 3 rings (SSSR count). The van der Waals surface area contributed by atoms with E-state index < -0.39 is 5.91 Å². The molecule has 0 saturated heterocycles. The van der Waals surface area contributed by atoms with Crippen LogP contribution in [-0.4, -0.2) is 45.7 Å². The van der Waals surface area contributed by atoms with E-state index in [1.165, 1.54) is 11.9 Å². The maximum absolute atomic E-state index is 12.1. The molecule has 0 aliphatic carbocycles. The van der Waals surface area contributed by atoms with E-state index in [0.29, 0.717) is 17.3 Å². The average molecular weight is 380 g/mol. The van der Waals surface area contributed by atoms with Gasteiger partial charge in [0, 0.05) is 5.56 Å². The van der Waals surface area contributed by atoms with Crippen LogP contribution in [0.5, 0.6) is 5.75 Å². The lowest BCUT2D eigenvalue weighted by Gasteiger charge is -2.11. The van der Waals surface area contributed by atoms with E-state index in [1.54, 1.807) is 12.1 Å². The van der Waals surface area contributed by atoms with Crippen LogP contribution in [0.4, 0.5) is 5.69 Å². The van der Waals surface area contributed by atoms with Gasteiger partial charge in [-0.05, 0) is 29.8 Å². The van der Waals surface area contributed by atoms with Crippen molar-refractivity contribution in [1.29, 1.82) is 0 Å². The number of methoxy groups -OCH3 is 1. The first-order valence-corrected chi connectivity index (χ1v) is 8.59. The normalized spacial score (nSPS) is 10.4. The highest BCUT2D eigenvalue weighted by Gasteiger charge is 2.12. The minimum atomic E-state index is -0.400. The molecule has 144 valence electrons. The van der Waals surface area contributed by atoms with Gasteiger partial charge >= 0.3 is 0 Å². The summed E-state index contributed by atoms with van der Waals surface area (Å²) in [7, 11) is 1.52. The Labute approximate surface area is 161 Å². The Morgan fingerprint density at radius 3 is 2.64 bits per heavy atom. The number of benzene rings is 2. The van der Waals surface area contributed by atoms with Gasteiger partial charge < -0.3 is 15.4 Å². The van der Waals surface area contributed by atoms with E-state index >= 15 is 0 Å². The van der Waals surface area contributed by atoms with Gasteiger partial charge in [0.05, 0.1) is 19.3 Å². The van der Waals surface area contributed by atoms with Crippen molar-refractivity contribution in [2.45, 2.75) is 13.5 Å². The van der Waals surface area contributed by atoms with Gasteiger partial charge in [-0.25, -0.2) is 0 Å². The lowest BCUT2D eigenvalue weighted by Crippen LogP contribution is -2.35. The Kier molecular flexibility index (Phi) is 5.95. The highest BCUT2D eigenvalue weighted by molar-refractivity contribution is 5.95. The second kappa shape index (κ2) is 8.76. The topological polar surface area (TPSA) is 111 Å². The van der Waals surface area contributed by atoms with E-state index in [-0.39, 0.29) is 19.0 Å². The lowest BCUT2D eigenvalue weighted by molar-refractivity contribution is -0.124. The number of nitrogens with one attached hydrogen (secondary N) is 2. The van der Waals surface area contributed by atoms with E-state index in [0.717, 1.165) is 11.1 Å². The number of aryl methyl sites for hydroxylation is 1. The molecular formula is C19H20N6O3. The first kappa shape index (κ1) is 19.0. The first-order valence-electron chi connectivity index (χ1n) is 8.59. The molecule has 0 fully saturated rings. The fourth-order valence-electron chi connectivity index (χ4n) is 2.49. The third-order valence-corrected chi connectivity index (χ3v) is 3.85. The van der Waals surface area contributed by atoms with Crippen LogP contribution in [-0.2, 0) is 16.1 Å². The molecule has 2 amide bonds. The fraction of sp³-hybridized carbons (Fsp3) is 0.211. The van der Waals surface area contributed by atoms with E-state index in [4.69, 9.17) is 4.74 Å². The number of anilines is 1. The number of amides is 2. The Morgan fingerprint density at radius 1 is 1.11 bits per heavy atom. The Morgan fingerprint density at radius 2 is 1.89 bits per heavy atom. The smallest absolute Gasteiger partial charge is 0.244 e. The van der Waals surface area contributed by atoms with Crippen molar-refractivity contribution in [2.75, 3.05) is 19.0 Å². The van der Waals surface area contributed by atoms with Gasteiger partial charge in [0.2, 0.25) is 17.6 Å². The van der Waals surface area contributed by atoms with Gasteiger partial charge in [0.25, 0.3) is 0 Å². The number of tetrazole rings is 1. The number of hydrogen-bond donors (Lipinski definition) is 2. The van der Waals surface area contributed by atoms with Crippen molar-refractivity contribution in [3.05, 3.63) is 54.1 Å². The van der Waals surface area contributed by atoms with Crippen molar-refractivity contribution in [2.24, 2.45) is 0 Å². The van der Waals surface area contributed by atoms with Crippen molar-refractivity contribution in [3.63, 3.8) is 0 Å². The summed E-state index contributed by atoms with van der Waals surface area (Å²) >= 11 is 0. The summed E-state index contributed by atoms with van der Waals surface area (Å²) in [6.07, 6.45) is 0. The van der Waals surface area contributed by atoms with Crippen LogP contribution in [0, 0.1) is 6.92 Å². The molecule has 2 aromatic carbocycles. The van der Waals surface area contributed by atoms with Crippen molar-refractivity contribution < 1.29 is 14.3 Å². The fourth-order valence-corrected chi connectivity index (χ4v) is 2.49. The minimum Gasteiger partial charge on any atom is -0.495 e. The van der Waals surface area contributed by atoms with E-state index in [9.17, 15) is 9.59 Å². The molecule has 0 saturated carbocycles. The molecule has 1 aromatic heterocycles. The molecule has 0 aliphatic heterocycles. The van der Waals surface area contributed by atoms with Gasteiger partial charge in [0.15, 0.2) is 0 Å². The third-order valence-electron chi connectivity index (χ3n) is 3.85. The molecule has 0 atom stereocenters. The molecule has 28 heavy (non-hydrogen) atoms. The first-order chi connectivity index (χ1) is 13.5. The Bertz CT molecular complexity index is 971. The van der Waals surface area contributed by atoms with Gasteiger partial charge in [-0.3, -0.25) is 9.59 Å². The summed E-state index contributed by atoms with van der Waals surface area (Å²) in [4.78, 5) is 25.3. The van der Waals surface area contributed by atoms with Crippen LogP contribution in [0.15, 0.2) is 48.5 Å². The van der Waals surface area contributed by atoms with Crippen LogP contribution in [0.1, 0.15) is 5.56 Å². The Hall–Kier alpha value is -3.75. The summed E-state index contributed by atoms with van der Waals surface area (Å²) in [6, 6.07) is 14.8. The van der Waals surface area contributed by atoms with Crippen LogP contribution in [0.3, 0.4) is 0 Å². The number of aromatic nitrogens is 4. The molecule has 3 aromatic rings. The summed E-state index contributed by atoms with van der Waals surface area (Å²) in [5, 5.41) is 17.2. The second-order valence-electron chi connectivity index (χ2n) is 6.04. The maximum Gasteiger partial charge on any atom is 0.244 e. The van der Waals surface area contributed by atoms with Crippen LogP contribution < -0.4 is 15.4 Å². The van der Waals surface area contributed by atoms with Crippen molar-refractivity contribution >= 4 is 17.5 Å². The zero-order valence-corrected chi connectivity index (χ0v) is 15.5. The minimum absolute atomic E-state index is 0.138. The Balaban J connectivity index is 1.51. The molecule has 9 heteroatoms. The van der Waals surface area contributed by atoms with Crippen molar-refractivity contribution in [3.8, 4) is 17.1 Å². The summed E-state index contributed by atoms with van der Waals surface area (Å²) in [5.41, 5.74) is 2.33. The number of rotatable bonds is 7. The third kappa shape index (κ3) is 4.91. The molecule has 0 bridgehead atoms. The maximum atomic E-state index is 12.1. The number of carbonyl (C=O) groups excluding carboxylic acids is 2. The van der Waals surface area contributed by atoms with Gasteiger partial charge in [-0.1, -0.05) is 36.4 Å². The number of nitrogens with zero attached hydrogens (tertiary/aromatic N) is 4. The van der Waals surface area contributed by atoms with Gasteiger partial charge in [0.1, 0.15) is 12.3 Å². The van der Waals surface area contributed by atoms with Crippen LogP contribution in [0.25, 0.3) is 11.4 Å². The largest absolute Gasteiger partial charge is 0.495 e. The number of ether oxygens (including phenoxy) is 1. The number of carbonyl (C=O) groups is 2. The molecule has 0 spiro atoms. The number of hydrogen-bond acceptors (Lipinski definition) is 6. The van der Waals surface area contributed by atoms with E-state index in [1.807, 2.05) is 43.3 Å². The monoisotopic (exact) mass is 380 g/mol. The molecule has 0 radical (unpaired) electrons. The van der Waals surface area contributed by atoms with Crippen molar-refractivity contribution in [1.82, 2.24) is 25.5 Å². The van der Waals surface area contributed by atoms with Crippen LogP contribution in [0.2, 0.25) is 0 Å². The van der Waals surface area contributed by atoms with E-state index in [2.05, 4.69) is 26.0 Å². The zero-order valence-electron chi connectivity index (χ0n) is 15.5. The molecular weight excluding hydrogens is 360 g/mol. The molecule has 0 aliphatic rings. The molecule has 9 nitrogen and oxygen atoms in total. The second-order valence-corrected chi connectivity index (χ2v) is 6.04. The predicted molar refractivity (Wildman–Crippen MR) is 103 cm³/mol. The standard InChI is InChI=1S/C19H20N6O3/c1-13-8-9-16(28-2)15(10-13)21-17(26)11-20-18(27)12-25-23-19(22-24-25)14-6-4-3-5-7-14/h3-10H,11-12H2,1-2H3,(H,20,27)(H,21,26). The lowest BCUT2D eigenvalue weighted by atomic mass is 10.2. The molecule has 2 N–H and O–H groups in total. The zero-order chi connectivity index (χ0) is 19.9. The summed E-state index contributed by atoms with van der Waals surface area (Å²) in [6.45, 7) is 1.59. The predicted octanol–water partition coefficient (Wildman–Crippen LogP) is 1.41. The quantitative estimate of drug-likeness (QED) is 0.641. The molecule has 0 unspecified atom stereocenters. The van der Waals surface area contributed by atoms with Gasteiger partial charge in [-0.2, -0.15) is 4.80 Å². The molecule has 1 heterocycles. The van der Waals surface area contributed by atoms with Crippen LogP contribution >= 0.6 is 0 Å². The van der Waals surface area contributed by atoms with Gasteiger partial charge in [-0.15, -0.1) is 10.2 Å². The summed E-state index contributed by atoms with van der Waals surface area (Å²) in [5.74, 6) is 0.209. The summed E-state index contributed by atoms with van der Waals surface area (Å²) < 4.78 is 5.22. The average Bonchev–Trinajstić information content (AvgIpc) is 3.16. The SMILES string of the molecule is COc1ccc(C)cc1NC(=O)CNC(=O)Cn1nnc(-c2ccccc2)n1. The highest BCUT2D eigenvalue weighted by Crippen LogP contribution is 2.24.